The van der Waals surface area contributed by atoms with Gasteiger partial charge in [-0.25, -0.2) is 4.79 Å². The zero-order chi connectivity index (χ0) is 17.2. The quantitative estimate of drug-likeness (QED) is 0.487. The molecule has 0 aliphatic carbocycles. The normalized spacial score (nSPS) is 12.3. The lowest BCUT2D eigenvalue weighted by Crippen LogP contribution is -2.24. The number of rotatable bonds is 4. The summed E-state index contributed by atoms with van der Waals surface area (Å²) in [7, 11) is 3.00. The fourth-order valence-electron chi connectivity index (χ4n) is 2.13. The molecule has 0 spiro atoms. The van der Waals surface area contributed by atoms with Crippen molar-refractivity contribution in [3.05, 3.63) is 29.5 Å². The molecular formula is C17H21NO5. The van der Waals surface area contributed by atoms with Crippen molar-refractivity contribution in [2.24, 2.45) is 5.16 Å². The Morgan fingerprint density at radius 3 is 2.48 bits per heavy atom. The highest BCUT2D eigenvalue weighted by atomic mass is 16.6. The molecule has 0 saturated carbocycles. The van der Waals surface area contributed by atoms with Crippen molar-refractivity contribution >= 4 is 22.7 Å². The summed E-state index contributed by atoms with van der Waals surface area (Å²) >= 11 is 0. The molecule has 1 aromatic carbocycles. The van der Waals surface area contributed by atoms with Crippen LogP contribution in [-0.2, 0) is 9.57 Å². The van der Waals surface area contributed by atoms with Crippen LogP contribution in [0.25, 0.3) is 11.0 Å². The Hall–Kier alpha value is -2.50. The molecule has 0 radical (unpaired) electrons. The van der Waals surface area contributed by atoms with Crippen LogP contribution >= 0.6 is 0 Å². The number of methoxy groups -OCH3 is 1. The third-order valence-corrected chi connectivity index (χ3v) is 3.07. The molecule has 6 nitrogen and oxygen atoms in total. The summed E-state index contributed by atoms with van der Waals surface area (Å²) in [4.78, 5) is 17.2. The van der Waals surface area contributed by atoms with E-state index in [-0.39, 0.29) is 0 Å². The monoisotopic (exact) mass is 319 g/mol. The number of furan rings is 1. The van der Waals surface area contributed by atoms with Crippen LogP contribution in [0.3, 0.4) is 0 Å². The average molecular weight is 319 g/mol. The van der Waals surface area contributed by atoms with E-state index in [1.54, 1.807) is 32.2 Å². The molecule has 0 fully saturated rings. The second-order valence-corrected chi connectivity index (χ2v) is 6.03. The first-order chi connectivity index (χ1) is 10.8. The van der Waals surface area contributed by atoms with E-state index in [0.29, 0.717) is 33.8 Å². The average Bonchev–Trinajstić information content (AvgIpc) is 2.89. The van der Waals surface area contributed by atoms with Gasteiger partial charge in [-0.3, -0.25) is 0 Å². The van der Waals surface area contributed by atoms with Crippen LogP contribution in [0.15, 0.2) is 27.8 Å². The summed E-state index contributed by atoms with van der Waals surface area (Å²) in [5, 5.41) is 4.46. The number of hydrogen-bond donors (Lipinski definition) is 0. The van der Waals surface area contributed by atoms with Gasteiger partial charge in [0.2, 0.25) is 0 Å². The predicted octanol–water partition coefficient (Wildman–Crippen LogP) is 3.77. The largest absolute Gasteiger partial charge is 0.493 e. The maximum atomic E-state index is 12.4. The summed E-state index contributed by atoms with van der Waals surface area (Å²) in [5.74, 6) is 0.610. The van der Waals surface area contributed by atoms with Gasteiger partial charge >= 0.3 is 5.97 Å². The van der Waals surface area contributed by atoms with Gasteiger partial charge in [0, 0.05) is 5.39 Å². The standard InChI is InChI=1S/C17H21NO5/c1-10(18-21-6)14-9-12-11(16(19)23-17(2,3)4)7-8-13(20-5)15(12)22-14/h7-9H,1-6H3/b18-10-. The fourth-order valence-corrected chi connectivity index (χ4v) is 2.13. The molecule has 0 bridgehead atoms. The first-order valence-electron chi connectivity index (χ1n) is 7.19. The predicted molar refractivity (Wildman–Crippen MR) is 87.2 cm³/mol. The van der Waals surface area contributed by atoms with Crippen LogP contribution in [0.2, 0.25) is 0 Å². The Morgan fingerprint density at radius 1 is 1.22 bits per heavy atom. The molecule has 0 N–H and O–H groups in total. The van der Waals surface area contributed by atoms with Gasteiger partial charge < -0.3 is 18.7 Å². The van der Waals surface area contributed by atoms with E-state index in [0.717, 1.165) is 0 Å². The molecule has 6 heteroatoms. The molecule has 0 aliphatic rings. The zero-order valence-corrected chi connectivity index (χ0v) is 14.2. The van der Waals surface area contributed by atoms with Gasteiger partial charge in [0.1, 0.15) is 18.4 Å². The van der Waals surface area contributed by atoms with E-state index in [2.05, 4.69) is 5.16 Å². The van der Waals surface area contributed by atoms with Gasteiger partial charge in [-0.2, -0.15) is 0 Å². The van der Waals surface area contributed by atoms with Gasteiger partial charge in [-0.15, -0.1) is 0 Å². The minimum Gasteiger partial charge on any atom is -0.493 e. The van der Waals surface area contributed by atoms with Crippen LogP contribution in [0.1, 0.15) is 43.8 Å². The van der Waals surface area contributed by atoms with Crippen molar-refractivity contribution in [3.63, 3.8) is 0 Å². The number of ether oxygens (including phenoxy) is 2. The van der Waals surface area contributed by atoms with E-state index in [1.165, 1.54) is 7.11 Å². The summed E-state index contributed by atoms with van der Waals surface area (Å²) in [5.41, 5.74) is 0.858. The highest BCUT2D eigenvalue weighted by Gasteiger charge is 2.23. The summed E-state index contributed by atoms with van der Waals surface area (Å²) < 4.78 is 16.5. The molecule has 2 rings (SSSR count). The van der Waals surface area contributed by atoms with Crippen molar-refractivity contribution in [3.8, 4) is 5.75 Å². The van der Waals surface area contributed by atoms with Crippen molar-refractivity contribution in [2.45, 2.75) is 33.3 Å². The van der Waals surface area contributed by atoms with Crippen LogP contribution in [0.5, 0.6) is 5.75 Å². The van der Waals surface area contributed by atoms with E-state index in [1.807, 2.05) is 20.8 Å². The topological polar surface area (TPSA) is 70.3 Å². The second kappa shape index (κ2) is 6.32. The Balaban J connectivity index is 2.59. The first-order valence-corrected chi connectivity index (χ1v) is 7.19. The number of oxime groups is 1. The van der Waals surface area contributed by atoms with Crippen LogP contribution in [0, 0.1) is 0 Å². The number of nitrogens with zero attached hydrogens (tertiary/aromatic N) is 1. The molecule has 124 valence electrons. The Bertz CT molecular complexity index is 752. The van der Waals surface area contributed by atoms with Crippen LogP contribution in [-0.4, -0.2) is 31.5 Å². The van der Waals surface area contributed by atoms with E-state index >= 15 is 0 Å². The minimum absolute atomic E-state index is 0.413. The van der Waals surface area contributed by atoms with E-state index in [9.17, 15) is 4.79 Å². The van der Waals surface area contributed by atoms with Gasteiger partial charge in [0.15, 0.2) is 17.1 Å². The third-order valence-electron chi connectivity index (χ3n) is 3.07. The Morgan fingerprint density at radius 2 is 1.91 bits per heavy atom. The first kappa shape index (κ1) is 16.9. The molecule has 0 amide bonds. The van der Waals surface area contributed by atoms with Crippen molar-refractivity contribution in [1.29, 1.82) is 0 Å². The van der Waals surface area contributed by atoms with Gasteiger partial charge in [-0.05, 0) is 45.9 Å². The minimum atomic E-state index is -0.580. The number of benzene rings is 1. The molecule has 23 heavy (non-hydrogen) atoms. The molecule has 0 saturated heterocycles. The molecule has 2 aromatic rings. The van der Waals surface area contributed by atoms with Gasteiger partial charge in [0.25, 0.3) is 0 Å². The van der Waals surface area contributed by atoms with Gasteiger partial charge in [0.05, 0.1) is 12.7 Å². The third kappa shape index (κ3) is 3.64. The maximum absolute atomic E-state index is 12.4. The van der Waals surface area contributed by atoms with Crippen molar-refractivity contribution in [2.75, 3.05) is 14.2 Å². The lowest BCUT2D eigenvalue weighted by Gasteiger charge is -2.19. The maximum Gasteiger partial charge on any atom is 0.339 e. The zero-order valence-electron chi connectivity index (χ0n) is 14.2. The summed E-state index contributed by atoms with van der Waals surface area (Å²) in [6.07, 6.45) is 0. The Kier molecular flexibility index (Phi) is 4.63. The van der Waals surface area contributed by atoms with E-state index < -0.39 is 11.6 Å². The lowest BCUT2D eigenvalue weighted by molar-refractivity contribution is 0.00718. The Labute approximate surface area is 135 Å². The van der Waals surface area contributed by atoms with Gasteiger partial charge in [-0.1, -0.05) is 5.16 Å². The summed E-state index contributed by atoms with van der Waals surface area (Å²) in [6, 6.07) is 5.07. The molecule has 1 aromatic heterocycles. The lowest BCUT2D eigenvalue weighted by atomic mass is 10.1. The smallest absolute Gasteiger partial charge is 0.339 e. The number of hydrogen-bond acceptors (Lipinski definition) is 6. The van der Waals surface area contributed by atoms with Crippen LogP contribution < -0.4 is 4.74 Å². The number of carbonyl (C=O) groups excluding carboxylic acids is 1. The number of fused-ring (bicyclic) bond motifs is 1. The molecule has 0 unspecified atom stereocenters. The molecule has 0 atom stereocenters. The number of esters is 1. The van der Waals surface area contributed by atoms with E-state index in [4.69, 9.17) is 18.7 Å². The molecule has 0 aliphatic heterocycles. The SMILES string of the molecule is CO/N=C(/C)c1cc2c(C(=O)OC(C)(C)C)ccc(OC)c2o1. The van der Waals surface area contributed by atoms with Crippen LogP contribution in [0.4, 0.5) is 0 Å². The highest BCUT2D eigenvalue weighted by molar-refractivity contribution is 6.08. The van der Waals surface area contributed by atoms with Crippen molar-refractivity contribution < 1.29 is 23.5 Å². The molecule has 1 heterocycles. The number of carbonyl (C=O) groups is 1. The fraction of sp³-hybridized carbons (Fsp3) is 0.412. The highest BCUT2D eigenvalue weighted by Crippen LogP contribution is 2.32. The molecular weight excluding hydrogens is 298 g/mol. The van der Waals surface area contributed by atoms with Crippen molar-refractivity contribution in [1.82, 2.24) is 0 Å². The second-order valence-electron chi connectivity index (χ2n) is 6.03. The summed E-state index contributed by atoms with van der Waals surface area (Å²) in [6.45, 7) is 7.21.